The molecule has 0 aliphatic heterocycles. The zero-order valence-electron chi connectivity index (χ0n) is 16.7. The second-order valence-electron chi connectivity index (χ2n) is 6.53. The highest BCUT2D eigenvalue weighted by Gasteiger charge is 2.10. The maximum Gasteiger partial charge on any atom is 0.228 e. The molecule has 4 rings (SSSR count). The van der Waals surface area contributed by atoms with Crippen molar-refractivity contribution in [2.75, 3.05) is 5.32 Å². The second-order valence-corrected chi connectivity index (χ2v) is 6.53. The second kappa shape index (κ2) is 8.41. The molecule has 0 bridgehead atoms. The Kier molecular flexibility index (Phi) is 5.35. The smallest absolute Gasteiger partial charge is 0.228 e. The van der Waals surface area contributed by atoms with Crippen LogP contribution in [0.3, 0.4) is 0 Å². The number of fused-ring (bicyclic) bond motifs is 1. The van der Waals surface area contributed by atoms with Crippen molar-refractivity contribution in [1.29, 1.82) is 0 Å². The van der Waals surface area contributed by atoms with E-state index < -0.39 is 0 Å². The summed E-state index contributed by atoms with van der Waals surface area (Å²) >= 11 is 0. The highest BCUT2D eigenvalue weighted by atomic mass is 15.3. The van der Waals surface area contributed by atoms with Crippen LogP contribution in [0, 0.1) is 12.3 Å². The van der Waals surface area contributed by atoms with Crippen LogP contribution < -0.4 is 5.32 Å². The van der Waals surface area contributed by atoms with Gasteiger partial charge in [-0.2, -0.15) is 5.10 Å². The molecule has 8 heteroatoms. The topological polar surface area (TPSA) is 85.8 Å². The number of rotatable bonds is 6. The van der Waals surface area contributed by atoms with Crippen molar-refractivity contribution < 1.29 is 0 Å². The van der Waals surface area contributed by atoms with E-state index in [1.54, 1.807) is 17.1 Å². The minimum atomic E-state index is 0.492. The zero-order chi connectivity index (χ0) is 20.9. The van der Waals surface area contributed by atoms with Gasteiger partial charge in [-0.15, -0.1) is 16.6 Å². The average molecular weight is 396 g/mol. The fourth-order valence-electron chi connectivity index (χ4n) is 2.95. The first-order chi connectivity index (χ1) is 14.7. The third-order valence-corrected chi connectivity index (χ3v) is 4.52. The van der Waals surface area contributed by atoms with Gasteiger partial charge in [-0.3, -0.25) is 9.08 Å². The van der Waals surface area contributed by atoms with Crippen LogP contribution in [0.2, 0.25) is 0 Å². The van der Waals surface area contributed by atoms with E-state index in [1.807, 2.05) is 67.1 Å². The Hall–Kier alpha value is -4.25. The summed E-state index contributed by atoms with van der Waals surface area (Å²) in [7, 11) is 1.85. The Bertz CT molecular complexity index is 1290. The molecule has 0 aliphatic carbocycles. The van der Waals surface area contributed by atoms with Crippen LogP contribution in [0.25, 0.3) is 16.9 Å². The van der Waals surface area contributed by atoms with Gasteiger partial charge in [-0.1, -0.05) is 24.1 Å². The molecular formula is C22H20N8. The van der Waals surface area contributed by atoms with Gasteiger partial charge < -0.3 is 5.32 Å². The summed E-state index contributed by atoms with van der Waals surface area (Å²) in [5.41, 5.74) is 3.26. The predicted octanol–water partition coefficient (Wildman–Crippen LogP) is 3.34. The van der Waals surface area contributed by atoms with Gasteiger partial charge in [0.15, 0.2) is 5.65 Å². The zero-order valence-corrected chi connectivity index (χ0v) is 16.7. The average Bonchev–Trinajstić information content (AvgIpc) is 3.36. The molecule has 0 saturated carbocycles. The molecule has 4 aromatic rings. The minimum absolute atomic E-state index is 0.492. The Labute approximate surface area is 174 Å². The Balaban J connectivity index is 1.61. The SMILES string of the molecule is C#C/C(=C\C=C/C)Cc1nnc2cc(-c3ccnc(Nc4ccnn4C)n3)ccn12. The molecule has 0 radical (unpaired) electrons. The molecule has 8 nitrogen and oxygen atoms in total. The molecule has 0 unspecified atom stereocenters. The molecular weight excluding hydrogens is 376 g/mol. The first kappa shape index (κ1) is 19.1. The Morgan fingerprint density at radius 1 is 1.23 bits per heavy atom. The van der Waals surface area contributed by atoms with Crippen molar-refractivity contribution in [2.45, 2.75) is 13.3 Å². The highest BCUT2D eigenvalue weighted by molar-refractivity contribution is 5.65. The lowest BCUT2D eigenvalue weighted by Gasteiger charge is -2.07. The van der Waals surface area contributed by atoms with E-state index in [2.05, 4.69) is 36.5 Å². The molecule has 0 amide bonds. The molecule has 0 spiro atoms. The molecule has 4 heterocycles. The first-order valence-corrected chi connectivity index (χ1v) is 9.38. The summed E-state index contributed by atoms with van der Waals surface area (Å²) in [6.07, 6.45) is 17.3. The molecule has 0 fully saturated rings. The number of nitrogens with zero attached hydrogens (tertiary/aromatic N) is 7. The maximum absolute atomic E-state index is 5.61. The fraction of sp³-hybridized carbons (Fsp3) is 0.136. The summed E-state index contributed by atoms with van der Waals surface area (Å²) in [5.74, 6) is 4.78. The van der Waals surface area contributed by atoms with Crippen molar-refractivity contribution in [1.82, 2.24) is 34.3 Å². The number of anilines is 2. The molecule has 0 aliphatic rings. The number of pyridine rings is 1. The van der Waals surface area contributed by atoms with Crippen LogP contribution in [0.4, 0.5) is 11.8 Å². The van der Waals surface area contributed by atoms with E-state index in [0.717, 1.165) is 34.1 Å². The van der Waals surface area contributed by atoms with Crippen LogP contribution >= 0.6 is 0 Å². The number of allylic oxidation sites excluding steroid dienone is 4. The number of hydrogen-bond acceptors (Lipinski definition) is 6. The van der Waals surface area contributed by atoms with E-state index in [1.165, 1.54) is 0 Å². The van der Waals surface area contributed by atoms with Crippen molar-refractivity contribution in [3.05, 3.63) is 72.5 Å². The molecule has 0 saturated heterocycles. The van der Waals surface area contributed by atoms with Crippen LogP contribution in [0.15, 0.2) is 66.7 Å². The quantitative estimate of drug-likeness (QED) is 0.397. The summed E-state index contributed by atoms with van der Waals surface area (Å²) in [6.45, 7) is 1.95. The van der Waals surface area contributed by atoms with Gasteiger partial charge in [-0.25, -0.2) is 9.97 Å². The van der Waals surface area contributed by atoms with Crippen LogP contribution in [-0.2, 0) is 13.5 Å². The molecule has 4 aromatic heterocycles. The van der Waals surface area contributed by atoms with Crippen molar-refractivity contribution in [2.24, 2.45) is 7.05 Å². The molecule has 148 valence electrons. The van der Waals surface area contributed by atoms with Crippen LogP contribution in [0.1, 0.15) is 12.7 Å². The van der Waals surface area contributed by atoms with Crippen LogP contribution in [-0.4, -0.2) is 34.3 Å². The van der Waals surface area contributed by atoms with Crippen molar-refractivity contribution in [3.8, 4) is 23.6 Å². The standard InChI is InChI=1S/C22H20N8/c1-4-6-7-16(5-2)14-20-27-28-21-15-17(10-13-30(20)21)18-8-11-23-22(25-18)26-19-9-12-24-29(19)3/h2,4,6-13,15H,14H2,1,3H3,(H,23,25,26)/b6-4-,16-7+. The lowest BCUT2D eigenvalue weighted by Crippen LogP contribution is -2.03. The number of nitrogens with one attached hydrogen (secondary N) is 1. The monoisotopic (exact) mass is 396 g/mol. The van der Waals surface area contributed by atoms with E-state index in [4.69, 9.17) is 6.42 Å². The summed E-state index contributed by atoms with van der Waals surface area (Å²) < 4.78 is 3.65. The van der Waals surface area contributed by atoms with Crippen molar-refractivity contribution in [3.63, 3.8) is 0 Å². The van der Waals surface area contributed by atoms with Gasteiger partial charge in [0, 0.05) is 43.1 Å². The van der Waals surface area contributed by atoms with Gasteiger partial charge in [0.25, 0.3) is 0 Å². The maximum atomic E-state index is 5.61. The Morgan fingerprint density at radius 2 is 2.13 bits per heavy atom. The third kappa shape index (κ3) is 3.95. The normalized spacial score (nSPS) is 11.8. The molecule has 30 heavy (non-hydrogen) atoms. The highest BCUT2D eigenvalue weighted by Crippen LogP contribution is 2.21. The number of terminal acetylenes is 1. The van der Waals surface area contributed by atoms with Gasteiger partial charge >= 0.3 is 0 Å². The van der Waals surface area contributed by atoms with E-state index in [-0.39, 0.29) is 0 Å². The molecule has 0 aromatic carbocycles. The first-order valence-electron chi connectivity index (χ1n) is 9.38. The van der Waals surface area contributed by atoms with E-state index >= 15 is 0 Å². The predicted molar refractivity (Wildman–Crippen MR) is 116 cm³/mol. The number of aromatic nitrogens is 7. The summed E-state index contributed by atoms with van der Waals surface area (Å²) in [6, 6.07) is 7.63. The number of aryl methyl sites for hydroxylation is 1. The van der Waals surface area contributed by atoms with Crippen LogP contribution in [0.5, 0.6) is 0 Å². The summed E-state index contributed by atoms with van der Waals surface area (Å²) in [5, 5.41) is 15.9. The summed E-state index contributed by atoms with van der Waals surface area (Å²) in [4.78, 5) is 8.89. The van der Waals surface area contributed by atoms with Gasteiger partial charge in [0.1, 0.15) is 11.6 Å². The van der Waals surface area contributed by atoms with Gasteiger partial charge in [0.05, 0.1) is 11.9 Å². The largest absolute Gasteiger partial charge is 0.309 e. The fourth-order valence-corrected chi connectivity index (χ4v) is 2.95. The van der Waals surface area contributed by atoms with Crippen molar-refractivity contribution >= 4 is 17.4 Å². The van der Waals surface area contributed by atoms with E-state index in [9.17, 15) is 0 Å². The lowest BCUT2D eigenvalue weighted by atomic mass is 10.1. The molecule has 1 N–H and O–H groups in total. The number of hydrogen-bond donors (Lipinski definition) is 1. The van der Waals surface area contributed by atoms with E-state index in [0.29, 0.717) is 12.4 Å². The lowest BCUT2D eigenvalue weighted by molar-refractivity contribution is 0.775. The Morgan fingerprint density at radius 3 is 2.90 bits per heavy atom. The van der Waals surface area contributed by atoms with Gasteiger partial charge in [-0.05, 0) is 25.1 Å². The van der Waals surface area contributed by atoms with Gasteiger partial charge in [0.2, 0.25) is 5.95 Å². The minimum Gasteiger partial charge on any atom is -0.309 e. The third-order valence-electron chi connectivity index (χ3n) is 4.52. The molecule has 0 atom stereocenters.